The van der Waals surface area contributed by atoms with E-state index in [1.165, 1.54) is 4.57 Å². The van der Waals surface area contributed by atoms with E-state index in [1.54, 1.807) is 14.0 Å². The monoisotopic (exact) mass is 420 g/mol. The minimum atomic E-state index is -0.790. The minimum Gasteiger partial charge on any atom is -0.383 e. The third-order valence-corrected chi connectivity index (χ3v) is 6.54. The van der Waals surface area contributed by atoms with E-state index in [2.05, 4.69) is 18.8 Å². The van der Waals surface area contributed by atoms with E-state index in [-0.39, 0.29) is 28.9 Å². The van der Waals surface area contributed by atoms with Crippen LogP contribution in [0, 0.1) is 24.2 Å². The number of nitrogens with two attached hydrogens (primary N) is 2. The van der Waals surface area contributed by atoms with Crippen LogP contribution in [0.25, 0.3) is 11.0 Å². The van der Waals surface area contributed by atoms with Crippen molar-refractivity contribution in [3.63, 3.8) is 0 Å². The maximum Gasteiger partial charge on any atom is 0.350 e. The number of rotatable bonds is 5. The maximum absolute atomic E-state index is 15.2. The fraction of sp³-hybridized carbons (Fsp3) is 0.650. The summed E-state index contributed by atoms with van der Waals surface area (Å²) in [6, 6.07) is -0.243. The average molecular weight is 420 g/mol. The van der Waals surface area contributed by atoms with Crippen molar-refractivity contribution in [1.82, 2.24) is 14.2 Å². The van der Waals surface area contributed by atoms with E-state index >= 15 is 4.39 Å². The molecule has 2 aromatic heterocycles. The summed E-state index contributed by atoms with van der Waals surface area (Å²) in [6.45, 7) is 7.45. The quantitative estimate of drug-likeness (QED) is 0.533. The molecule has 2 fully saturated rings. The number of anilines is 1. The summed E-state index contributed by atoms with van der Waals surface area (Å²) in [5.74, 6) is 5.00. The predicted octanol–water partition coefficient (Wildman–Crippen LogP) is 0.491. The Kier molecular flexibility index (Phi) is 4.89. The molecule has 2 aliphatic rings. The van der Waals surface area contributed by atoms with Gasteiger partial charge in [-0.3, -0.25) is 9.36 Å². The summed E-state index contributed by atoms with van der Waals surface area (Å²) < 4.78 is 22.5. The standard InChI is InChI=1S/C20H29FN6O3/c1-10-15-14(18(28)27(23)19(29)26(15)11-5-6-11)24-17(21)16(10)25-7-12(13(22)8-30-4)20(2,3)9-25/h11-13H,5-9,22-23H2,1-4H3. The fourth-order valence-electron chi connectivity index (χ4n) is 4.90. The third-order valence-electron chi connectivity index (χ3n) is 6.54. The highest BCUT2D eigenvalue weighted by molar-refractivity contribution is 5.83. The van der Waals surface area contributed by atoms with E-state index in [0.717, 1.165) is 12.8 Å². The molecule has 164 valence electrons. The van der Waals surface area contributed by atoms with Crippen LogP contribution in [-0.2, 0) is 4.74 Å². The maximum atomic E-state index is 15.2. The topological polar surface area (TPSA) is 121 Å². The normalized spacial score (nSPS) is 22.1. The molecule has 1 saturated carbocycles. The van der Waals surface area contributed by atoms with E-state index in [1.807, 2.05) is 4.90 Å². The number of nitrogen functional groups attached to an aromatic ring is 1. The van der Waals surface area contributed by atoms with Crippen molar-refractivity contribution in [2.45, 2.75) is 45.7 Å². The smallest absolute Gasteiger partial charge is 0.350 e. The van der Waals surface area contributed by atoms with Crippen molar-refractivity contribution >= 4 is 16.7 Å². The number of hydrogen-bond acceptors (Lipinski definition) is 7. The second kappa shape index (κ2) is 7.05. The molecule has 2 unspecified atom stereocenters. The van der Waals surface area contributed by atoms with Gasteiger partial charge in [0.25, 0.3) is 0 Å². The SMILES string of the molecule is COCC(N)C1CN(c2c(F)nc3c(=O)n(N)c(=O)n(C4CC4)c3c2C)CC1(C)C. The molecule has 2 atom stereocenters. The Labute approximate surface area is 173 Å². The van der Waals surface area contributed by atoms with Gasteiger partial charge in [-0.2, -0.15) is 9.07 Å². The first-order valence-corrected chi connectivity index (χ1v) is 10.2. The lowest BCUT2D eigenvalue weighted by molar-refractivity contribution is 0.130. The van der Waals surface area contributed by atoms with Crippen molar-refractivity contribution in [2.24, 2.45) is 17.1 Å². The minimum absolute atomic E-state index is 0.0490. The van der Waals surface area contributed by atoms with Gasteiger partial charge in [-0.25, -0.2) is 9.78 Å². The zero-order chi connectivity index (χ0) is 22.0. The van der Waals surface area contributed by atoms with Gasteiger partial charge < -0.3 is 21.2 Å². The Morgan fingerprint density at radius 1 is 1.33 bits per heavy atom. The summed E-state index contributed by atoms with van der Waals surface area (Å²) in [7, 11) is 1.61. The predicted molar refractivity (Wildman–Crippen MR) is 113 cm³/mol. The number of hydrogen-bond donors (Lipinski definition) is 2. The molecule has 3 heterocycles. The van der Waals surface area contributed by atoms with Crippen LogP contribution in [0.3, 0.4) is 0 Å². The van der Waals surface area contributed by atoms with Crippen molar-refractivity contribution in [3.8, 4) is 0 Å². The van der Waals surface area contributed by atoms with Crippen LogP contribution in [0.5, 0.6) is 0 Å². The van der Waals surface area contributed by atoms with E-state index in [4.69, 9.17) is 16.3 Å². The molecule has 0 aromatic carbocycles. The molecule has 2 aromatic rings. The molecule has 30 heavy (non-hydrogen) atoms. The molecule has 9 nitrogen and oxygen atoms in total. The van der Waals surface area contributed by atoms with Crippen LogP contribution in [0.1, 0.15) is 38.3 Å². The van der Waals surface area contributed by atoms with Gasteiger partial charge in [-0.1, -0.05) is 13.8 Å². The van der Waals surface area contributed by atoms with Crippen molar-refractivity contribution in [2.75, 3.05) is 37.5 Å². The fourth-order valence-corrected chi connectivity index (χ4v) is 4.90. The summed E-state index contributed by atoms with van der Waals surface area (Å²) in [5, 5.41) is 0. The summed E-state index contributed by atoms with van der Waals surface area (Å²) in [4.78, 5) is 31.1. The van der Waals surface area contributed by atoms with Gasteiger partial charge >= 0.3 is 11.2 Å². The number of aromatic nitrogens is 3. The molecular weight excluding hydrogens is 391 g/mol. The zero-order valence-electron chi connectivity index (χ0n) is 17.8. The number of pyridine rings is 1. The Bertz CT molecular complexity index is 1120. The third kappa shape index (κ3) is 3.09. The van der Waals surface area contributed by atoms with Crippen molar-refractivity contribution in [1.29, 1.82) is 0 Å². The number of ether oxygens (including phenoxy) is 1. The van der Waals surface area contributed by atoms with Gasteiger partial charge in [-0.05, 0) is 25.2 Å². The molecule has 0 spiro atoms. The highest BCUT2D eigenvalue weighted by Gasteiger charge is 2.44. The summed E-state index contributed by atoms with van der Waals surface area (Å²) in [6.07, 6.45) is 1.62. The first-order chi connectivity index (χ1) is 14.1. The Morgan fingerprint density at radius 2 is 2.00 bits per heavy atom. The Hall–Kier alpha value is -2.46. The van der Waals surface area contributed by atoms with Gasteiger partial charge in [0, 0.05) is 43.8 Å². The molecule has 1 aliphatic heterocycles. The highest BCUT2D eigenvalue weighted by atomic mass is 19.1. The average Bonchev–Trinajstić information content (AvgIpc) is 3.44. The lowest BCUT2D eigenvalue weighted by Crippen LogP contribution is -2.45. The largest absolute Gasteiger partial charge is 0.383 e. The first kappa shape index (κ1) is 20.8. The molecule has 1 aliphatic carbocycles. The van der Waals surface area contributed by atoms with Crippen molar-refractivity contribution < 1.29 is 9.13 Å². The molecule has 4 N–H and O–H groups in total. The van der Waals surface area contributed by atoms with E-state index in [9.17, 15) is 9.59 Å². The second-order valence-electron chi connectivity index (χ2n) is 9.23. The summed E-state index contributed by atoms with van der Waals surface area (Å²) >= 11 is 0. The number of aryl methyl sites for hydroxylation is 1. The number of fused-ring (bicyclic) bond motifs is 1. The van der Waals surface area contributed by atoms with Crippen LogP contribution in [0.15, 0.2) is 9.59 Å². The molecule has 0 amide bonds. The van der Waals surface area contributed by atoms with Crippen LogP contribution < -0.4 is 27.7 Å². The van der Waals surface area contributed by atoms with Crippen molar-refractivity contribution in [3.05, 3.63) is 32.3 Å². The van der Waals surface area contributed by atoms with Crippen LogP contribution >= 0.6 is 0 Å². The van der Waals surface area contributed by atoms with Gasteiger partial charge in [0.1, 0.15) is 0 Å². The van der Waals surface area contributed by atoms with Gasteiger partial charge in [0.05, 0.1) is 17.8 Å². The number of halogens is 1. The zero-order valence-corrected chi connectivity index (χ0v) is 17.8. The molecular formula is C20H29FN6O3. The molecule has 0 radical (unpaired) electrons. The van der Waals surface area contributed by atoms with E-state index < -0.39 is 17.2 Å². The lowest BCUT2D eigenvalue weighted by atomic mass is 9.78. The van der Waals surface area contributed by atoms with Gasteiger partial charge in [0.2, 0.25) is 5.95 Å². The van der Waals surface area contributed by atoms with Crippen LogP contribution in [0.4, 0.5) is 10.1 Å². The van der Waals surface area contributed by atoms with Crippen LogP contribution in [0.2, 0.25) is 0 Å². The molecule has 10 heteroatoms. The van der Waals surface area contributed by atoms with Gasteiger partial charge in [0.15, 0.2) is 5.52 Å². The molecule has 4 rings (SSSR count). The number of nitrogens with zero attached hydrogens (tertiary/aromatic N) is 4. The Balaban J connectivity index is 1.89. The number of methoxy groups -OCH3 is 1. The highest BCUT2D eigenvalue weighted by Crippen LogP contribution is 2.42. The first-order valence-electron chi connectivity index (χ1n) is 10.2. The molecule has 1 saturated heterocycles. The summed E-state index contributed by atoms with van der Waals surface area (Å²) in [5.41, 5.74) is 5.86. The molecule has 0 bridgehead atoms. The lowest BCUT2D eigenvalue weighted by Gasteiger charge is -2.29. The van der Waals surface area contributed by atoms with Crippen LogP contribution in [-0.4, -0.2) is 47.1 Å². The van der Waals surface area contributed by atoms with E-state index in [0.29, 0.717) is 41.1 Å². The Morgan fingerprint density at radius 3 is 2.60 bits per heavy atom. The van der Waals surface area contributed by atoms with Gasteiger partial charge in [-0.15, -0.1) is 0 Å². The second-order valence-corrected chi connectivity index (χ2v) is 9.23.